The molecule has 0 unspecified atom stereocenters. The molecule has 2 aromatic heterocycles. The first-order chi connectivity index (χ1) is 16.1. The van der Waals surface area contributed by atoms with E-state index in [9.17, 15) is 8.42 Å². The largest absolute Gasteiger partial charge is 0.457 e. The molecule has 0 spiro atoms. The van der Waals surface area contributed by atoms with Gasteiger partial charge in [0.1, 0.15) is 29.5 Å². The zero-order valence-electron chi connectivity index (χ0n) is 17.9. The third-order valence-corrected chi connectivity index (χ3v) is 7.42. The molecular formula is C24H23N5O3S. The van der Waals surface area contributed by atoms with E-state index in [-0.39, 0.29) is 4.90 Å². The predicted molar refractivity (Wildman–Crippen MR) is 125 cm³/mol. The summed E-state index contributed by atoms with van der Waals surface area (Å²) in [7, 11) is -3.59. The van der Waals surface area contributed by atoms with Crippen molar-refractivity contribution in [3.63, 3.8) is 0 Å². The Morgan fingerprint density at radius 2 is 1.36 bits per heavy atom. The molecule has 0 radical (unpaired) electrons. The first-order valence-electron chi connectivity index (χ1n) is 10.6. The monoisotopic (exact) mass is 461 g/mol. The molecule has 1 fully saturated rings. The molecule has 0 bridgehead atoms. The van der Waals surface area contributed by atoms with Gasteiger partial charge in [0.05, 0.1) is 4.90 Å². The fourth-order valence-corrected chi connectivity index (χ4v) is 5.17. The van der Waals surface area contributed by atoms with Gasteiger partial charge in [0.2, 0.25) is 10.0 Å². The molecule has 0 saturated carbocycles. The Hall–Kier alpha value is -3.69. The van der Waals surface area contributed by atoms with Gasteiger partial charge in [-0.25, -0.2) is 18.4 Å². The highest BCUT2D eigenvalue weighted by Crippen LogP contribution is 2.25. The molecule has 0 aliphatic carbocycles. The smallest absolute Gasteiger partial charge is 0.243 e. The topological polar surface area (TPSA) is 80.6 Å². The number of rotatable bonds is 6. The standard InChI is InChI=1S/C24H23N5O3S/c30-33(31,22-10-8-21(9-11-22)32-20-6-2-1-3-7-20)29-16-14-28(15-17-29)24-18-23(25-19-26-24)27-12-4-5-13-27/h1-13,18-19H,14-17H2. The highest BCUT2D eigenvalue weighted by Gasteiger charge is 2.29. The molecule has 33 heavy (non-hydrogen) atoms. The number of benzene rings is 2. The van der Waals surface area contributed by atoms with E-state index >= 15 is 0 Å². The Morgan fingerprint density at radius 3 is 2.06 bits per heavy atom. The van der Waals surface area contributed by atoms with Gasteiger partial charge >= 0.3 is 0 Å². The maximum Gasteiger partial charge on any atom is 0.243 e. The molecular weight excluding hydrogens is 438 g/mol. The van der Waals surface area contributed by atoms with Crippen LogP contribution in [0.5, 0.6) is 11.5 Å². The van der Waals surface area contributed by atoms with Crippen molar-refractivity contribution in [2.24, 2.45) is 0 Å². The van der Waals surface area contributed by atoms with Crippen molar-refractivity contribution in [3.8, 4) is 17.3 Å². The van der Waals surface area contributed by atoms with Crippen LogP contribution in [0.2, 0.25) is 0 Å². The van der Waals surface area contributed by atoms with Crippen molar-refractivity contribution in [1.82, 2.24) is 18.8 Å². The molecule has 1 aliphatic rings. The minimum atomic E-state index is -3.59. The summed E-state index contributed by atoms with van der Waals surface area (Å²) in [6, 6.07) is 21.7. The number of anilines is 1. The minimum absolute atomic E-state index is 0.258. The second-order valence-corrected chi connectivity index (χ2v) is 9.54. The van der Waals surface area contributed by atoms with E-state index in [0.717, 1.165) is 11.6 Å². The molecule has 2 aromatic carbocycles. The molecule has 1 saturated heterocycles. The van der Waals surface area contributed by atoms with Crippen molar-refractivity contribution >= 4 is 15.8 Å². The summed E-state index contributed by atoms with van der Waals surface area (Å²) in [5.74, 6) is 2.85. The van der Waals surface area contributed by atoms with Gasteiger partial charge in [0, 0.05) is 44.6 Å². The Kier molecular flexibility index (Phi) is 5.80. The molecule has 168 valence electrons. The summed E-state index contributed by atoms with van der Waals surface area (Å²) in [4.78, 5) is 11.0. The number of piperazine rings is 1. The molecule has 9 heteroatoms. The maximum absolute atomic E-state index is 13.1. The van der Waals surface area contributed by atoms with Crippen LogP contribution in [0.15, 0.2) is 96.4 Å². The lowest BCUT2D eigenvalue weighted by molar-refractivity contribution is 0.383. The third-order valence-electron chi connectivity index (χ3n) is 5.51. The number of aromatic nitrogens is 3. The molecule has 4 aromatic rings. The predicted octanol–water partition coefficient (Wildman–Crippen LogP) is 3.57. The van der Waals surface area contributed by atoms with Gasteiger partial charge < -0.3 is 14.2 Å². The van der Waals surface area contributed by atoms with E-state index in [1.165, 1.54) is 10.6 Å². The summed E-state index contributed by atoms with van der Waals surface area (Å²) < 4.78 is 35.5. The molecule has 0 amide bonds. The zero-order valence-corrected chi connectivity index (χ0v) is 18.7. The summed E-state index contributed by atoms with van der Waals surface area (Å²) in [6.07, 6.45) is 5.38. The van der Waals surface area contributed by atoms with Gasteiger partial charge in [-0.3, -0.25) is 0 Å². The summed E-state index contributed by atoms with van der Waals surface area (Å²) in [5, 5.41) is 0. The Balaban J connectivity index is 1.24. The summed E-state index contributed by atoms with van der Waals surface area (Å²) in [5.41, 5.74) is 0. The van der Waals surface area contributed by atoms with Crippen LogP contribution in [0, 0.1) is 0 Å². The lowest BCUT2D eigenvalue weighted by Gasteiger charge is -2.34. The van der Waals surface area contributed by atoms with E-state index < -0.39 is 10.0 Å². The normalized spacial score (nSPS) is 14.8. The van der Waals surface area contributed by atoms with Crippen LogP contribution in [0.4, 0.5) is 5.82 Å². The summed E-state index contributed by atoms with van der Waals surface area (Å²) in [6.45, 7) is 1.87. The zero-order chi connectivity index (χ0) is 22.7. The van der Waals surface area contributed by atoms with Gasteiger partial charge in [-0.1, -0.05) is 18.2 Å². The minimum Gasteiger partial charge on any atom is -0.457 e. The quantitative estimate of drug-likeness (QED) is 0.437. The van der Waals surface area contributed by atoms with Crippen LogP contribution in [-0.2, 0) is 10.0 Å². The van der Waals surface area contributed by atoms with Crippen LogP contribution in [0.25, 0.3) is 5.82 Å². The molecule has 5 rings (SSSR count). The van der Waals surface area contributed by atoms with Gasteiger partial charge in [0.15, 0.2) is 0 Å². The fourth-order valence-electron chi connectivity index (χ4n) is 3.75. The third kappa shape index (κ3) is 4.59. The highest BCUT2D eigenvalue weighted by molar-refractivity contribution is 7.89. The molecule has 0 N–H and O–H groups in total. The van der Waals surface area contributed by atoms with E-state index in [1.54, 1.807) is 24.3 Å². The number of sulfonamides is 1. The van der Waals surface area contributed by atoms with Gasteiger partial charge in [-0.15, -0.1) is 0 Å². The van der Waals surface area contributed by atoms with Crippen molar-refractivity contribution in [2.45, 2.75) is 4.90 Å². The first kappa shape index (κ1) is 21.2. The van der Waals surface area contributed by atoms with Crippen LogP contribution in [-0.4, -0.2) is 53.4 Å². The van der Waals surface area contributed by atoms with Crippen LogP contribution in [0.1, 0.15) is 0 Å². The molecule has 0 atom stereocenters. The van der Waals surface area contributed by atoms with E-state index in [4.69, 9.17) is 4.74 Å². The number of hydrogen-bond donors (Lipinski definition) is 0. The average molecular weight is 462 g/mol. The second-order valence-electron chi connectivity index (χ2n) is 7.60. The molecule has 1 aliphatic heterocycles. The van der Waals surface area contributed by atoms with Crippen LogP contribution in [0.3, 0.4) is 0 Å². The lowest BCUT2D eigenvalue weighted by Crippen LogP contribution is -2.48. The van der Waals surface area contributed by atoms with Gasteiger partial charge in [0.25, 0.3) is 0 Å². The van der Waals surface area contributed by atoms with E-state index in [1.807, 2.05) is 65.5 Å². The van der Waals surface area contributed by atoms with Crippen molar-refractivity contribution in [3.05, 3.63) is 91.5 Å². The number of nitrogens with zero attached hydrogens (tertiary/aromatic N) is 5. The second kappa shape index (κ2) is 9.05. The van der Waals surface area contributed by atoms with Crippen molar-refractivity contribution in [1.29, 1.82) is 0 Å². The number of hydrogen-bond acceptors (Lipinski definition) is 6. The Bertz CT molecular complexity index is 1300. The average Bonchev–Trinajstić information content (AvgIpc) is 3.41. The van der Waals surface area contributed by atoms with E-state index in [0.29, 0.717) is 37.7 Å². The Labute approximate surface area is 192 Å². The van der Waals surface area contributed by atoms with Crippen molar-refractivity contribution in [2.75, 3.05) is 31.1 Å². The summed E-state index contributed by atoms with van der Waals surface area (Å²) >= 11 is 0. The van der Waals surface area contributed by atoms with Crippen LogP contribution >= 0.6 is 0 Å². The molecule has 8 nitrogen and oxygen atoms in total. The number of para-hydroxylation sites is 1. The van der Waals surface area contributed by atoms with Crippen molar-refractivity contribution < 1.29 is 13.2 Å². The van der Waals surface area contributed by atoms with Gasteiger partial charge in [-0.05, 0) is 48.5 Å². The first-order valence-corrected chi connectivity index (χ1v) is 12.1. The fraction of sp³-hybridized carbons (Fsp3) is 0.167. The number of ether oxygens (including phenoxy) is 1. The van der Waals surface area contributed by atoms with Gasteiger partial charge in [-0.2, -0.15) is 4.31 Å². The lowest BCUT2D eigenvalue weighted by atomic mass is 10.3. The highest BCUT2D eigenvalue weighted by atomic mass is 32.2. The van der Waals surface area contributed by atoms with E-state index in [2.05, 4.69) is 14.9 Å². The maximum atomic E-state index is 13.1. The molecule has 3 heterocycles. The SMILES string of the molecule is O=S(=O)(c1ccc(Oc2ccccc2)cc1)N1CCN(c2cc(-n3cccc3)ncn2)CC1. The van der Waals surface area contributed by atoms with Crippen LogP contribution < -0.4 is 9.64 Å². The Morgan fingerprint density at radius 1 is 0.727 bits per heavy atom.